The average Bonchev–Trinajstić information content (AvgIpc) is 2.73. The zero-order chi connectivity index (χ0) is 21.5. The second kappa shape index (κ2) is 7.48. The quantitative estimate of drug-likeness (QED) is 0.486. The fourth-order valence-corrected chi connectivity index (χ4v) is 4.95. The van der Waals surface area contributed by atoms with Crippen molar-refractivity contribution in [1.82, 2.24) is 0 Å². The maximum absolute atomic E-state index is 13.6. The van der Waals surface area contributed by atoms with Crippen molar-refractivity contribution in [2.45, 2.75) is 38.1 Å². The van der Waals surface area contributed by atoms with Gasteiger partial charge in [0.15, 0.2) is 0 Å². The first-order chi connectivity index (χ1) is 14.3. The Hall–Kier alpha value is -2.78. The molecular weight excluding hydrogens is 394 g/mol. The molecule has 0 unspecified atom stereocenters. The van der Waals surface area contributed by atoms with Crippen molar-refractivity contribution in [3.05, 3.63) is 94.5 Å². The van der Waals surface area contributed by atoms with Gasteiger partial charge in [0.05, 0.1) is 7.11 Å². The summed E-state index contributed by atoms with van der Waals surface area (Å²) in [5.74, 6) is 0.730. The van der Waals surface area contributed by atoms with Gasteiger partial charge in [-0.2, -0.15) is 0 Å². The van der Waals surface area contributed by atoms with Crippen LogP contribution in [0.4, 0.5) is 5.69 Å². The van der Waals surface area contributed by atoms with Gasteiger partial charge in [0, 0.05) is 27.2 Å². The number of para-hydroxylation sites is 1. The van der Waals surface area contributed by atoms with Crippen LogP contribution in [0.2, 0.25) is 5.02 Å². The third-order valence-electron chi connectivity index (χ3n) is 6.15. The van der Waals surface area contributed by atoms with E-state index in [2.05, 4.69) is 39.0 Å². The first-order valence-corrected chi connectivity index (χ1v) is 10.5. The van der Waals surface area contributed by atoms with Crippen LogP contribution in [-0.2, 0) is 5.41 Å². The largest absolute Gasteiger partial charge is 0.497 e. The Morgan fingerprint density at radius 1 is 0.933 bits per heavy atom. The number of ether oxygens (including phenoxy) is 1. The number of hydrogen-bond acceptors (Lipinski definition) is 2. The first kappa shape index (κ1) is 20.5. The third-order valence-corrected chi connectivity index (χ3v) is 6.40. The standard InChI is InChI=1S/C26H26ClNO2/c1-25(2)17-26(3,19-11-13-20(27)14-12-19)22-7-5-6-8-23(22)28(25)24(29)18-9-15-21(30-4)16-10-18/h5-16H,17H2,1-4H3/t26-/m1/s1. The normalized spacial score (nSPS) is 19.8. The van der Waals surface area contributed by atoms with Gasteiger partial charge >= 0.3 is 0 Å². The molecule has 1 aliphatic heterocycles. The summed E-state index contributed by atoms with van der Waals surface area (Å²) >= 11 is 6.14. The van der Waals surface area contributed by atoms with Crippen LogP contribution in [0, 0.1) is 0 Å². The number of rotatable bonds is 3. The van der Waals surface area contributed by atoms with E-state index in [0.717, 1.165) is 28.4 Å². The van der Waals surface area contributed by atoms with Crippen LogP contribution in [0.15, 0.2) is 72.8 Å². The van der Waals surface area contributed by atoms with E-state index in [4.69, 9.17) is 16.3 Å². The predicted octanol–water partition coefficient (Wildman–Crippen LogP) is 6.48. The van der Waals surface area contributed by atoms with Crippen molar-refractivity contribution in [2.24, 2.45) is 0 Å². The third kappa shape index (κ3) is 3.37. The number of amides is 1. The number of nitrogens with zero attached hydrogens (tertiary/aromatic N) is 1. The molecule has 4 rings (SSSR count). The van der Waals surface area contributed by atoms with E-state index in [0.29, 0.717) is 5.56 Å². The van der Waals surface area contributed by atoms with Crippen molar-refractivity contribution in [2.75, 3.05) is 12.0 Å². The summed E-state index contributed by atoms with van der Waals surface area (Å²) in [6.45, 7) is 6.53. The second-order valence-corrected chi connectivity index (χ2v) is 9.15. The van der Waals surface area contributed by atoms with Gasteiger partial charge in [0.1, 0.15) is 5.75 Å². The summed E-state index contributed by atoms with van der Waals surface area (Å²) in [6.07, 6.45) is 0.792. The molecule has 0 fully saturated rings. The average molecular weight is 420 g/mol. The van der Waals surface area contributed by atoms with Crippen LogP contribution in [0.3, 0.4) is 0 Å². The number of methoxy groups -OCH3 is 1. The summed E-state index contributed by atoms with van der Waals surface area (Å²) in [7, 11) is 1.62. The number of fused-ring (bicyclic) bond motifs is 1. The van der Waals surface area contributed by atoms with E-state index in [1.165, 1.54) is 5.56 Å². The molecule has 1 aliphatic rings. The molecule has 3 aromatic rings. The minimum atomic E-state index is -0.389. The lowest BCUT2D eigenvalue weighted by Crippen LogP contribution is -2.55. The van der Waals surface area contributed by atoms with E-state index < -0.39 is 0 Å². The number of anilines is 1. The lowest BCUT2D eigenvalue weighted by Gasteiger charge is -2.51. The highest BCUT2D eigenvalue weighted by Crippen LogP contribution is 2.50. The highest BCUT2D eigenvalue weighted by Gasteiger charge is 2.47. The maximum Gasteiger partial charge on any atom is 0.258 e. The molecule has 30 heavy (non-hydrogen) atoms. The van der Waals surface area contributed by atoms with Gasteiger partial charge in [-0.1, -0.05) is 48.9 Å². The van der Waals surface area contributed by atoms with E-state index in [1.54, 1.807) is 7.11 Å². The van der Waals surface area contributed by atoms with Gasteiger partial charge in [0.2, 0.25) is 0 Å². The van der Waals surface area contributed by atoms with Gasteiger partial charge in [-0.3, -0.25) is 4.79 Å². The van der Waals surface area contributed by atoms with E-state index in [1.807, 2.05) is 59.5 Å². The monoisotopic (exact) mass is 419 g/mol. The molecular formula is C26H26ClNO2. The molecule has 0 aliphatic carbocycles. The number of benzene rings is 3. The first-order valence-electron chi connectivity index (χ1n) is 10.1. The molecule has 1 atom stereocenters. The number of hydrogen-bond donors (Lipinski definition) is 0. The molecule has 1 amide bonds. The molecule has 4 heteroatoms. The lowest BCUT2D eigenvalue weighted by molar-refractivity contribution is 0.0948. The summed E-state index contributed by atoms with van der Waals surface area (Å²) < 4.78 is 5.24. The smallest absolute Gasteiger partial charge is 0.258 e. The van der Waals surface area contributed by atoms with Crippen molar-refractivity contribution in [3.63, 3.8) is 0 Å². The Morgan fingerprint density at radius 3 is 2.20 bits per heavy atom. The Balaban J connectivity index is 1.84. The van der Waals surface area contributed by atoms with Crippen LogP contribution < -0.4 is 9.64 Å². The second-order valence-electron chi connectivity index (χ2n) is 8.71. The Bertz CT molecular complexity index is 1070. The maximum atomic E-state index is 13.6. The molecule has 0 bridgehead atoms. The van der Waals surface area contributed by atoms with Gasteiger partial charge in [-0.05, 0) is 73.9 Å². The summed E-state index contributed by atoms with van der Waals surface area (Å²) in [4.78, 5) is 15.6. The number of halogens is 1. The Morgan fingerprint density at radius 2 is 1.57 bits per heavy atom. The molecule has 0 spiro atoms. The van der Waals surface area contributed by atoms with Gasteiger partial charge in [-0.25, -0.2) is 0 Å². The lowest BCUT2D eigenvalue weighted by atomic mass is 9.65. The van der Waals surface area contributed by atoms with E-state index in [-0.39, 0.29) is 16.9 Å². The molecule has 3 nitrogen and oxygen atoms in total. The van der Waals surface area contributed by atoms with Crippen molar-refractivity contribution >= 4 is 23.2 Å². The Kier molecular flexibility index (Phi) is 5.11. The highest BCUT2D eigenvalue weighted by atomic mass is 35.5. The number of carbonyl (C=O) groups excluding carboxylic acids is 1. The zero-order valence-electron chi connectivity index (χ0n) is 17.8. The summed E-state index contributed by atoms with van der Waals surface area (Å²) in [6, 6.07) is 23.6. The SMILES string of the molecule is COc1ccc(C(=O)N2c3ccccc3[C@@](C)(c3ccc(Cl)cc3)CC2(C)C)cc1. The fourth-order valence-electron chi connectivity index (χ4n) is 4.82. The summed E-state index contributed by atoms with van der Waals surface area (Å²) in [5.41, 5.74) is 3.32. The summed E-state index contributed by atoms with van der Waals surface area (Å²) in [5, 5.41) is 0.724. The minimum Gasteiger partial charge on any atom is -0.497 e. The molecule has 1 heterocycles. The molecule has 154 valence electrons. The van der Waals surface area contributed by atoms with Crippen molar-refractivity contribution < 1.29 is 9.53 Å². The molecule has 3 aromatic carbocycles. The van der Waals surface area contributed by atoms with E-state index in [9.17, 15) is 4.79 Å². The van der Waals surface area contributed by atoms with Gasteiger partial charge in [0.25, 0.3) is 5.91 Å². The van der Waals surface area contributed by atoms with E-state index >= 15 is 0 Å². The zero-order valence-corrected chi connectivity index (χ0v) is 18.5. The molecule has 0 aromatic heterocycles. The van der Waals surface area contributed by atoms with Crippen LogP contribution >= 0.6 is 11.6 Å². The number of carbonyl (C=O) groups is 1. The predicted molar refractivity (Wildman–Crippen MR) is 123 cm³/mol. The molecule has 0 saturated carbocycles. The van der Waals surface area contributed by atoms with Crippen LogP contribution in [0.25, 0.3) is 0 Å². The van der Waals surface area contributed by atoms with Gasteiger partial charge < -0.3 is 9.64 Å². The molecule has 0 saturated heterocycles. The molecule has 0 N–H and O–H groups in total. The topological polar surface area (TPSA) is 29.5 Å². The van der Waals surface area contributed by atoms with Crippen LogP contribution in [0.5, 0.6) is 5.75 Å². The minimum absolute atomic E-state index is 0.00624. The van der Waals surface area contributed by atoms with Crippen molar-refractivity contribution in [1.29, 1.82) is 0 Å². The van der Waals surface area contributed by atoms with Gasteiger partial charge in [-0.15, -0.1) is 0 Å². The fraction of sp³-hybridized carbons (Fsp3) is 0.269. The Labute approximate surface area is 183 Å². The van der Waals surface area contributed by atoms with Crippen LogP contribution in [0.1, 0.15) is 48.7 Å². The highest BCUT2D eigenvalue weighted by molar-refractivity contribution is 6.30. The molecule has 0 radical (unpaired) electrons. The van der Waals surface area contributed by atoms with Crippen molar-refractivity contribution in [3.8, 4) is 5.75 Å². The van der Waals surface area contributed by atoms with Crippen LogP contribution in [-0.4, -0.2) is 18.6 Å².